The molecule has 1 aliphatic heterocycles. The number of hydrogen-bond acceptors (Lipinski definition) is 6. The number of anilines is 1. The number of carbonyl (C=O) groups is 2. The zero-order valence-electron chi connectivity index (χ0n) is 18.9. The van der Waals surface area contributed by atoms with Crippen LogP contribution < -0.4 is 24.4 Å². The molecule has 1 atom stereocenters. The molecular weight excluding hydrogens is 400 g/mol. The number of benzene rings is 2. The Morgan fingerprint density at radius 2 is 1.58 bits per heavy atom. The normalized spacial score (nSPS) is 17.8. The lowest BCUT2D eigenvalue weighted by atomic mass is 9.82. The number of carbonyl (C=O) groups excluding carboxylic acids is 2. The molecule has 0 fully saturated rings. The molecule has 0 aliphatic carbocycles. The largest absolute Gasteiger partial charge is 0.496 e. The lowest BCUT2D eigenvalue weighted by Crippen LogP contribution is -2.54. The first-order valence-electron chi connectivity index (χ1n) is 9.78. The molecule has 1 N–H and O–H groups in total. The minimum absolute atomic E-state index is 0.325. The average molecular weight is 428 g/mol. The van der Waals surface area contributed by atoms with Gasteiger partial charge in [-0.1, -0.05) is 18.2 Å². The summed E-state index contributed by atoms with van der Waals surface area (Å²) in [4.78, 5) is 28.3. The van der Waals surface area contributed by atoms with E-state index in [1.54, 1.807) is 52.1 Å². The van der Waals surface area contributed by atoms with Crippen molar-refractivity contribution in [3.8, 4) is 17.2 Å². The Balaban J connectivity index is 2.35. The van der Waals surface area contributed by atoms with Gasteiger partial charge in [-0.3, -0.25) is 10.1 Å². The first-order valence-corrected chi connectivity index (χ1v) is 9.78. The summed E-state index contributed by atoms with van der Waals surface area (Å²) < 4.78 is 22.1. The number of fused-ring (bicyclic) bond motifs is 1. The second kappa shape index (κ2) is 8.02. The fraction of sp³-hybridized carbons (Fsp3) is 0.391. The van der Waals surface area contributed by atoms with Gasteiger partial charge in [-0.25, -0.2) is 4.79 Å². The van der Waals surface area contributed by atoms with Gasteiger partial charge in [0.05, 0.1) is 26.9 Å². The average Bonchev–Trinajstić information content (AvgIpc) is 2.93. The quantitative estimate of drug-likeness (QED) is 0.785. The number of ether oxygens (including phenoxy) is 4. The number of hydrogen-bond donors (Lipinski definition) is 1. The predicted molar refractivity (Wildman–Crippen MR) is 116 cm³/mol. The van der Waals surface area contributed by atoms with Crippen molar-refractivity contribution in [2.45, 2.75) is 31.9 Å². The molecule has 2 amide bonds. The minimum Gasteiger partial charge on any atom is -0.496 e. The molecule has 3 rings (SSSR count). The number of alkyl carbamates (subject to hydrolysis) is 1. The van der Waals surface area contributed by atoms with Crippen molar-refractivity contribution in [1.82, 2.24) is 5.32 Å². The van der Waals surface area contributed by atoms with Crippen LogP contribution in [0.5, 0.6) is 17.2 Å². The number of rotatable bonds is 5. The summed E-state index contributed by atoms with van der Waals surface area (Å²) in [6.45, 7) is 5.26. The fourth-order valence-corrected chi connectivity index (χ4v) is 3.82. The maximum Gasteiger partial charge on any atom is 0.409 e. The highest BCUT2D eigenvalue weighted by molar-refractivity contribution is 6.12. The molecule has 8 nitrogen and oxygen atoms in total. The van der Waals surface area contributed by atoms with Crippen LogP contribution in [0, 0.1) is 0 Å². The van der Waals surface area contributed by atoms with E-state index in [-0.39, 0.29) is 5.91 Å². The summed E-state index contributed by atoms with van der Waals surface area (Å²) in [5.41, 5.74) is -0.798. The lowest BCUT2D eigenvalue weighted by molar-refractivity contribution is -0.122. The molecule has 0 bridgehead atoms. The molecule has 2 aromatic rings. The second-order valence-corrected chi connectivity index (χ2v) is 8.17. The summed E-state index contributed by atoms with van der Waals surface area (Å²) in [6.07, 6.45) is -0.745. The van der Waals surface area contributed by atoms with E-state index in [0.29, 0.717) is 34.1 Å². The van der Waals surface area contributed by atoms with Crippen molar-refractivity contribution in [2.24, 2.45) is 0 Å². The number of amides is 2. The molecule has 166 valence electrons. The van der Waals surface area contributed by atoms with Crippen LogP contribution in [0.15, 0.2) is 36.4 Å². The van der Waals surface area contributed by atoms with Crippen LogP contribution in [0.25, 0.3) is 0 Å². The molecule has 0 radical (unpaired) electrons. The summed E-state index contributed by atoms with van der Waals surface area (Å²) in [5.74, 6) is 0.759. The standard InChI is InChI=1S/C23H28N2O6/c1-22(2,3)31-21(27)24-23(15-10-8-9-11-16(15)25(4)20(23)26)19-17(29-6)12-14(28-5)13-18(19)30-7/h8-13H,1-7H3,(H,24,27)/t23-/m1/s1. The van der Waals surface area contributed by atoms with Gasteiger partial charge in [-0.15, -0.1) is 0 Å². The molecule has 1 aliphatic rings. The smallest absolute Gasteiger partial charge is 0.409 e. The zero-order chi connectivity index (χ0) is 23.0. The lowest BCUT2D eigenvalue weighted by Gasteiger charge is -2.33. The summed E-state index contributed by atoms with van der Waals surface area (Å²) in [5, 5.41) is 2.84. The maximum absolute atomic E-state index is 13.8. The second-order valence-electron chi connectivity index (χ2n) is 8.17. The Morgan fingerprint density at radius 3 is 2.10 bits per heavy atom. The van der Waals surface area contributed by atoms with Gasteiger partial charge in [0.1, 0.15) is 22.8 Å². The maximum atomic E-state index is 13.8. The van der Waals surface area contributed by atoms with Gasteiger partial charge in [-0.2, -0.15) is 0 Å². The van der Waals surface area contributed by atoms with E-state index in [1.807, 2.05) is 12.1 Å². The van der Waals surface area contributed by atoms with E-state index in [1.165, 1.54) is 26.2 Å². The SMILES string of the molecule is COc1cc(OC)c([C@@]2(NC(=O)OC(C)(C)C)C(=O)N(C)c3ccccc32)c(OC)c1. The Morgan fingerprint density at radius 1 is 1.00 bits per heavy atom. The van der Waals surface area contributed by atoms with E-state index >= 15 is 0 Å². The van der Waals surface area contributed by atoms with Crippen LogP contribution in [0.1, 0.15) is 31.9 Å². The van der Waals surface area contributed by atoms with Gasteiger partial charge in [0.2, 0.25) is 0 Å². The molecule has 2 aromatic carbocycles. The molecule has 0 spiro atoms. The topological polar surface area (TPSA) is 86.3 Å². The summed E-state index contributed by atoms with van der Waals surface area (Å²) in [7, 11) is 6.14. The van der Waals surface area contributed by atoms with Crippen molar-refractivity contribution < 1.29 is 28.5 Å². The Kier molecular flexibility index (Phi) is 5.76. The van der Waals surface area contributed by atoms with Crippen molar-refractivity contribution in [1.29, 1.82) is 0 Å². The van der Waals surface area contributed by atoms with Gasteiger partial charge in [0.15, 0.2) is 5.54 Å². The fourth-order valence-electron chi connectivity index (χ4n) is 3.82. The molecule has 0 saturated heterocycles. The minimum atomic E-state index is -1.63. The molecular formula is C23H28N2O6. The van der Waals surface area contributed by atoms with Crippen LogP contribution in [0.3, 0.4) is 0 Å². The van der Waals surface area contributed by atoms with Crippen LogP contribution in [-0.4, -0.2) is 46.0 Å². The third-order valence-electron chi connectivity index (χ3n) is 5.07. The molecule has 8 heteroatoms. The number of nitrogens with one attached hydrogen (secondary N) is 1. The predicted octanol–water partition coefficient (Wildman–Crippen LogP) is 3.46. The summed E-state index contributed by atoms with van der Waals surface area (Å²) in [6, 6.07) is 10.5. The van der Waals surface area contributed by atoms with Crippen LogP contribution >= 0.6 is 0 Å². The van der Waals surface area contributed by atoms with E-state index in [9.17, 15) is 9.59 Å². The third-order valence-corrected chi connectivity index (χ3v) is 5.07. The monoisotopic (exact) mass is 428 g/mol. The van der Waals surface area contributed by atoms with E-state index in [4.69, 9.17) is 18.9 Å². The van der Waals surface area contributed by atoms with Crippen molar-refractivity contribution in [3.05, 3.63) is 47.5 Å². The zero-order valence-corrected chi connectivity index (χ0v) is 18.9. The molecule has 0 saturated carbocycles. The first-order chi connectivity index (χ1) is 14.6. The highest BCUT2D eigenvalue weighted by Crippen LogP contribution is 2.51. The van der Waals surface area contributed by atoms with E-state index in [0.717, 1.165) is 0 Å². The van der Waals surface area contributed by atoms with Crippen LogP contribution in [0.4, 0.5) is 10.5 Å². The highest BCUT2D eigenvalue weighted by atomic mass is 16.6. The number of likely N-dealkylation sites (N-methyl/N-ethyl adjacent to an activating group) is 1. The third kappa shape index (κ3) is 3.73. The molecule has 0 aromatic heterocycles. The number of methoxy groups -OCH3 is 3. The van der Waals surface area contributed by atoms with Gasteiger partial charge in [0.25, 0.3) is 5.91 Å². The van der Waals surface area contributed by atoms with E-state index in [2.05, 4.69) is 5.32 Å². The Hall–Kier alpha value is -3.42. The molecule has 1 heterocycles. The molecule has 0 unspecified atom stereocenters. The first kappa shape index (κ1) is 22.3. The van der Waals surface area contributed by atoms with Gasteiger partial charge in [-0.05, 0) is 26.8 Å². The Bertz CT molecular complexity index is 988. The molecule has 31 heavy (non-hydrogen) atoms. The van der Waals surface area contributed by atoms with Gasteiger partial charge >= 0.3 is 6.09 Å². The van der Waals surface area contributed by atoms with Crippen molar-refractivity contribution >= 4 is 17.7 Å². The van der Waals surface area contributed by atoms with Crippen molar-refractivity contribution in [2.75, 3.05) is 33.3 Å². The van der Waals surface area contributed by atoms with Gasteiger partial charge < -0.3 is 23.8 Å². The number of nitrogens with zero attached hydrogens (tertiary/aromatic N) is 1. The van der Waals surface area contributed by atoms with Crippen LogP contribution in [-0.2, 0) is 15.1 Å². The van der Waals surface area contributed by atoms with E-state index < -0.39 is 17.2 Å². The Labute approximate surface area is 182 Å². The van der Waals surface area contributed by atoms with Crippen LogP contribution in [0.2, 0.25) is 0 Å². The number of para-hydroxylation sites is 1. The van der Waals surface area contributed by atoms with Crippen molar-refractivity contribution in [3.63, 3.8) is 0 Å². The van der Waals surface area contributed by atoms with Gasteiger partial charge in [0, 0.05) is 30.4 Å². The summed E-state index contributed by atoms with van der Waals surface area (Å²) >= 11 is 0. The highest BCUT2D eigenvalue weighted by Gasteiger charge is 2.56.